The summed E-state index contributed by atoms with van der Waals surface area (Å²) >= 11 is 1.31. The average Bonchev–Trinajstić information content (AvgIpc) is 2.79. The number of aliphatic imine (C=N–C) groups is 1. The third-order valence-electron chi connectivity index (χ3n) is 4.89. The van der Waals surface area contributed by atoms with E-state index in [2.05, 4.69) is 77.8 Å². The monoisotopic (exact) mass is 436 g/mol. The topological polar surface area (TPSA) is 81.5 Å². The number of benzene rings is 3. The van der Waals surface area contributed by atoms with Crippen molar-refractivity contribution in [1.82, 2.24) is 0 Å². The lowest BCUT2D eigenvalue weighted by molar-refractivity contribution is -0.110. The predicted molar refractivity (Wildman–Crippen MR) is 133 cm³/mol. The highest BCUT2D eigenvalue weighted by molar-refractivity contribution is 8.13. The van der Waals surface area contributed by atoms with Crippen LogP contribution in [0.25, 0.3) is 0 Å². The molecule has 0 amide bonds. The molecule has 3 rings (SSSR count). The van der Waals surface area contributed by atoms with Crippen LogP contribution in [0.3, 0.4) is 0 Å². The highest BCUT2D eigenvalue weighted by Gasteiger charge is 2.45. The molecule has 0 unspecified atom stereocenters. The largest absolute Gasteiger partial charge is 0.370 e. The van der Waals surface area contributed by atoms with Crippen LogP contribution >= 0.6 is 19.0 Å². The van der Waals surface area contributed by atoms with Crippen LogP contribution in [0.4, 0.5) is 0 Å². The van der Waals surface area contributed by atoms with Crippen LogP contribution in [0.15, 0.2) is 96.0 Å². The van der Waals surface area contributed by atoms with E-state index in [0.29, 0.717) is 18.7 Å². The smallest absolute Gasteiger partial charge is 0.192 e. The van der Waals surface area contributed by atoms with Gasteiger partial charge in [0.15, 0.2) is 11.1 Å². The van der Waals surface area contributed by atoms with Crippen molar-refractivity contribution in [3.8, 4) is 0 Å². The van der Waals surface area contributed by atoms with Crippen LogP contribution < -0.4 is 27.4 Å². The van der Waals surface area contributed by atoms with Gasteiger partial charge in [0.1, 0.15) is 23.2 Å². The van der Waals surface area contributed by atoms with Gasteiger partial charge in [-0.25, -0.2) is 0 Å². The lowest BCUT2D eigenvalue weighted by atomic mass is 10.4. The van der Waals surface area contributed by atoms with Crippen molar-refractivity contribution in [3.05, 3.63) is 91.0 Å². The molecule has 0 spiro atoms. The lowest BCUT2D eigenvalue weighted by Gasteiger charge is -2.27. The van der Waals surface area contributed by atoms with Crippen molar-refractivity contribution in [2.45, 2.75) is 6.42 Å². The Morgan fingerprint density at radius 3 is 1.60 bits per heavy atom. The summed E-state index contributed by atoms with van der Waals surface area (Å²) in [5.41, 5.74) is 10.7. The minimum absolute atomic E-state index is 0.0604. The van der Waals surface area contributed by atoms with Crippen molar-refractivity contribution in [3.63, 3.8) is 0 Å². The number of hydrogen-bond donors (Lipinski definition) is 2. The molecule has 3 aromatic carbocycles. The van der Waals surface area contributed by atoms with Crippen LogP contribution in [0.2, 0.25) is 0 Å². The quantitative estimate of drug-likeness (QED) is 0.234. The van der Waals surface area contributed by atoms with Crippen LogP contribution in [0.1, 0.15) is 6.42 Å². The average molecular weight is 437 g/mol. The molecule has 6 heteroatoms. The van der Waals surface area contributed by atoms with E-state index in [-0.39, 0.29) is 11.1 Å². The second kappa shape index (κ2) is 11.0. The Balaban J connectivity index is 1.93. The van der Waals surface area contributed by atoms with Gasteiger partial charge >= 0.3 is 0 Å². The predicted octanol–water partition coefficient (Wildman–Crippen LogP) is 2.90. The van der Waals surface area contributed by atoms with E-state index < -0.39 is 7.26 Å². The molecule has 154 valence electrons. The lowest BCUT2D eigenvalue weighted by Crippen LogP contribution is -2.33. The van der Waals surface area contributed by atoms with Gasteiger partial charge in [0.05, 0.1) is 19.1 Å². The van der Waals surface area contributed by atoms with E-state index in [0.717, 1.165) is 6.16 Å². The highest BCUT2D eigenvalue weighted by atomic mass is 32.2. The van der Waals surface area contributed by atoms with Gasteiger partial charge in [0, 0.05) is 5.75 Å². The molecule has 0 bridgehead atoms. The van der Waals surface area contributed by atoms with Crippen molar-refractivity contribution in [2.75, 3.05) is 18.5 Å². The van der Waals surface area contributed by atoms with Crippen molar-refractivity contribution < 1.29 is 4.79 Å². The summed E-state index contributed by atoms with van der Waals surface area (Å²) in [7, 11) is -1.96. The number of thioether (sulfide) groups is 1. The number of rotatable bonds is 9. The number of carbonyl (C=O) groups is 1. The number of nitrogens with zero attached hydrogens (tertiary/aromatic N) is 1. The van der Waals surface area contributed by atoms with Gasteiger partial charge in [-0.3, -0.25) is 9.79 Å². The Morgan fingerprint density at radius 2 is 1.20 bits per heavy atom. The summed E-state index contributed by atoms with van der Waals surface area (Å²) in [5, 5.41) is 4.05. The zero-order valence-electron chi connectivity index (χ0n) is 16.9. The Labute approximate surface area is 183 Å². The first-order chi connectivity index (χ1) is 14.6. The SMILES string of the molecule is NC(N)=NCCSC(=O)CC[P+](c1ccccc1)(c1ccccc1)c1ccccc1. The summed E-state index contributed by atoms with van der Waals surface area (Å²) in [5.74, 6) is 0.648. The molecule has 4 nitrogen and oxygen atoms in total. The van der Waals surface area contributed by atoms with E-state index in [9.17, 15) is 4.79 Å². The van der Waals surface area contributed by atoms with Gasteiger partial charge in [-0.2, -0.15) is 0 Å². The standard InChI is InChI=1S/C24H27N3OPS/c25-24(26)27-17-19-30-23(28)16-18-29(20-10-4-1-5-11-20,21-12-6-2-7-13-21)22-14-8-3-9-15-22/h1-15H,16-19H2,(H4,25,26,27)/q+1. The Bertz CT molecular complexity index is 865. The Kier molecular flexibility index (Phi) is 8.06. The molecule has 0 aromatic heterocycles. The van der Waals surface area contributed by atoms with Crippen LogP contribution in [-0.4, -0.2) is 29.5 Å². The van der Waals surface area contributed by atoms with E-state index in [1.54, 1.807) is 0 Å². The number of guanidine groups is 1. The van der Waals surface area contributed by atoms with Crippen molar-refractivity contribution >= 4 is 46.0 Å². The van der Waals surface area contributed by atoms with E-state index in [1.807, 2.05) is 18.2 Å². The molecule has 0 aliphatic rings. The first-order valence-corrected chi connectivity index (χ1v) is 12.8. The summed E-state index contributed by atoms with van der Waals surface area (Å²) in [6, 6.07) is 31.8. The summed E-state index contributed by atoms with van der Waals surface area (Å²) in [4.78, 5) is 16.7. The molecule has 0 aliphatic carbocycles. The molecule has 0 saturated heterocycles. The Morgan fingerprint density at radius 1 is 0.767 bits per heavy atom. The second-order valence-corrected chi connectivity index (χ2v) is 11.6. The fraction of sp³-hybridized carbons (Fsp3) is 0.167. The Hall–Kier alpha value is -2.62. The third-order valence-corrected chi connectivity index (χ3v) is 10.2. The summed E-state index contributed by atoms with van der Waals surface area (Å²) in [6.07, 6.45) is 1.29. The van der Waals surface area contributed by atoms with Gasteiger partial charge in [0.25, 0.3) is 0 Å². The van der Waals surface area contributed by atoms with Crippen LogP contribution in [-0.2, 0) is 4.79 Å². The van der Waals surface area contributed by atoms with Gasteiger partial charge in [-0.15, -0.1) is 0 Å². The first kappa shape index (κ1) is 22.1. The van der Waals surface area contributed by atoms with Gasteiger partial charge in [0.2, 0.25) is 0 Å². The van der Waals surface area contributed by atoms with Gasteiger partial charge in [-0.05, 0) is 36.4 Å². The maximum Gasteiger partial charge on any atom is 0.192 e. The highest BCUT2D eigenvalue weighted by Crippen LogP contribution is 2.55. The van der Waals surface area contributed by atoms with Gasteiger partial charge in [-0.1, -0.05) is 66.4 Å². The zero-order chi connectivity index (χ0) is 21.2. The molecule has 0 radical (unpaired) electrons. The summed E-state index contributed by atoms with van der Waals surface area (Å²) in [6.45, 7) is 0.453. The minimum atomic E-state index is -1.96. The zero-order valence-corrected chi connectivity index (χ0v) is 18.6. The normalized spacial score (nSPS) is 11.1. The molecule has 0 fully saturated rings. The molecule has 0 aliphatic heterocycles. The summed E-state index contributed by atoms with van der Waals surface area (Å²) < 4.78 is 0. The van der Waals surface area contributed by atoms with Crippen LogP contribution in [0.5, 0.6) is 0 Å². The maximum absolute atomic E-state index is 12.7. The molecule has 4 N–H and O–H groups in total. The molecule has 0 atom stereocenters. The number of hydrogen-bond acceptors (Lipinski definition) is 3. The van der Waals surface area contributed by atoms with E-state index >= 15 is 0 Å². The minimum Gasteiger partial charge on any atom is -0.370 e. The van der Waals surface area contributed by atoms with Gasteiger partial charge < -0.3 is 11.5 Å². The fourth-order valence-electron chi connectivity index (χ4n) is 3.55. The molecule has 0 heterocycles. The van der Waals surface area contributed by atoms with Crippen molar-refractivity contribution in [1.29, 1.82) is 0 Å². The molecule has 3 aromatic rings. The first-order valence-electron chi connectivity index (χ1n) is 9.89. The van der Waals surface area contributed by atoms with E-state index in [4.69, 9.17) is 11.5 Å². The molecular formula is C24H27N3OPS+. The fourth-order valence-corrected chi connectivity index (χ4v) is 8.61. The molecule has 0 saturated carbocycles. The number of nitrogens with two attached hydrogens (primary N) is 2. The van der Waals surface area contributed by atoms with Crippen LogP contribution in [0, 0.1) is 0 Å². The number of carbonyl (C=O) groups excluding carboxylic acids is 1. The second-order valence-electron chi connectivity index (χ2n) is 6.82. The van der Waals surface area contributed by atoms with Crippen molar-refractivity contribution in [2.24, 2.45) is 16.5 Å². The molecular weight excluding hydrogens is 409 g/mol. The maximum atomic E-state index is 12.7. The molecule has 30 heavy (non-hydrogen) atoms. The van der Waals surface area contributed by atoms with E-state index in [1.165, 1.54) is 27.7 Å². The third kappa shape index (κ3) is 5.50.